The van der Waals surface area contributed by atoms with Crippen molar-refractivity contribution >= 4 is 41.3 Å². The maximum atomic E-state index is 13.6. The maximum Gasteiger partial charge on any atom is 0.413 e. The highest BCUT2D eigenvalue weighted by atomic mass is 16.6. The summed E-state index contributed by atoms with van der Waals surface area (Å²) in [6.45, 7) is 21.1. The van der Waals surface area contributed by atoms with E-state index in [1.54, 1.807) is 88.9 Å². The molecular weight excluding hydrogens is 757 g/mol. The Morgan fingerprint density at radius 2 is 1.39 bits per heavy atom. The van der Waals surface area contributed by atoms with Crippen LogP contribution in [0.4, 0.5) is 21.0 Å². The highest BCUT2D eigenvalue weighted by Crippen LogP contribution is 2.35. The molecule has 3 aromatic rings. The zero-order valence-corrected chi connectivity index (χ0v) is 36.0. The molecular formula is C44H60N6O9. The van der Waals surface area contributed by atoms with E-state index in [9.17, 15) is 19.2 Å². The normalized spacial score (nSPS) is 13.5. The van der Waals surface area contributed by atoms with Crippen molar-refractivity contribution in [2.24, 2.45) is 0 Å². The van der Waals surface area contributed by atoms with Crippen molar-refractivity contribution in [1.29, 1.82) is 5.41 Å². The lowest BCUT2D eigenvalue weighted by Gasteiger charge is -2.35. The van der Waals surface area contributed by atoms with Crippen LogP contribution in [0.25, 0.3) is 0 Å². The van der Waals surface area contributed by atoms with Crippen molar-refractivity contribution in [3.8, 4) is 11.5 Å². The third-order valence-corrected chi connectivity index (χ3v) is 8.37. The number of anilines is 2. The fraction of sp³-hybridized carbons (Fsp3) is 0.477. The van der Waals surface area contributed by atoms with Crippen LogP contribution < -0.4 is 25.4 Å². The Balaban J connectivity index is 1.53. The van der Waals surface area contributed by atoms with Crippen molar-refractivity contribution < 1.29 is 42.9 Å². The van der Waals surface area contributed by atoms with Crippen LogP contribution in [0.15, 0.2) is 60.7 Å². The Kier molecular flexibility index (Phi) is 15.4. The number of benzene rings is 3. The first-order valence-corrected chi connectivity index (χ1v) is 19.8. The first kappa shape index (κ1) is 45.9. The number of carbonyl (C=O) groups is 4. The van der Waals surface area contributed by atoms with Gasteiger partial charge in [-0.25, -0.2) is 14.4 Å². The van der Waals surface area contributed by atoms with Gasteiger partial charge >= 0.3 is 18.2 Å². The quantitative estimate of drug-likeness (QED) is 0.0578. The number of alkyl carbamates (subject to hydrolysis) is 1. The molecule has 1 saturated heterocycles. The zero-order valence-electron chi connectivity index (χ0n) is 36.0. The van der Waals surface area contributed by atoms with Gasteiger partial charge in [-0.2, -0.15) is 0 Å². The summed E-state index contributed by atoms with van der Waals surface area (Å²) in [4.78, 5) is 55.2. The number of hydrogen-bond acceptors (Lipinski definition) is 12. The number of amidine groups is 1. The summed E-state index contributed by atoms with van der Waals surface area (Å²) in [5.74, 6) is -0.215. The number of nitrogens with one attached hydrogen (secondary N) is 4. The van der Waals surface area contributed by atoms with Crippen LogP contribution in [0.1, 0.15) is 96.3 Å². The molecule has 15 nitrogen and oxygen atoms in total. The average molecular weight is 817 g/mol. The number of piperazine rings is 1. The van der Waals surface area contributed by atoms with Crippen LogP contribution in [-0.4, -0.2) is 95.9 Å². The molecule has 0 radical (unpaired) electrons. The molecule has 0 spiro atoms. The number of ether oxygens (including phenoxy) is 5. The van der Waals surface area contributed by atoms with Crippen LogP contribution in [0.3, 0.4) is 0 Å². The smallest absolute Gasteiger partial charge is 0.413 e. The topological polar surface area (TPSA) is 181 Å². The van der Waals surface area contributed by atoms with Gasteiger partial charge in [0.15, 0.2) is 18.1 Å². The summed E-state index contributed by atoms with van der Waals surface area (Å²) in [7, 11) is 0. The summed E-state index contributed by atoms with van der Waals surface area (Å²) in [6.07, 6.45) is -1.06. The van der Waals surface area contributed by atoms with E-state index in [1.807, 2.05) is 45.9 Å². The molecule has 4 N–H and O–H groups in total. The first-order valence-electron chi connectivity index (χ1n) is 19.8. The van der Waals surface area contributed by atoms with Gasteiger partial charge in [0.1, 0.15) is 22.6 Å². The van der Waals surface area contributed by atoms with Crippen molar-refractivity contribution in [2.75, 3.05) is 50.0 Å². The second kappa shape index (κ2) is 19.7. The van der Waals surface area contributed by atoms with Gasteiger partial charge in [0.25, 0.3) is 5.91 Å². The average Bonchev–Trinajstić information content (AvgIpc) is 3.12. The fourth-order valence-electron chi connectivity index (χ4n) is 5.97. The van der Waals surface area contributed by atoms with E-state index in [0.29, 0.717) is 78.9 Å². The fourth-order valence-corrected chi connectivity index (χ4v) is 5.97. The molecule has 15 heteroatoms. The lowest BCUT2D eigenvalue weighted by atomic mass is 10.1. The molecule has 320 valence electrons. The molecule has 0 aromatic heterocycles. The molecule has 4 rings (SSSR count). The number of rotatable bonds is 13. The lowest BCUT2D eigenvalue weighted by Crippen LogP contribution is -2.49. The minimum absolute atomic E-state index is 0.140. The summed E-state index contributed by atoms with van der Waals surface area (Å²) in [5, 5.41) is 17.0. The number of para-hydroxylation sites is 1. The Morgan fingerprint density at radius 3 is 2.00 bits per heavy atom. The van der Waals surface area contributed by atoms with Gasteiger partial charge in [0.05, 0.1) is 12.2 Å². The molecule has 0 aliphatic carbocycles. The molecule has 0 atom stereocenters. The SMILES string of the molecule is CCOc1cc(CN2CCN(C(=O)OC(C)(C)C)CC2)cc(CNc2ccccc2C(=O)Nc2ccc(C(=N)NC(=O)OC(C)(C)C)cc2)c1OCC(=O)OC(C)(C)C. The Labute approximate surface area is 347 Å². The lowest BCUT2D eigenvalue weighted by molar-refractivity contribution is -0.157. The molecule has 1 aliphatic heterocycles. The minimum atomic E-state index is -0.734. The second-order valence-electron chi connectivity index (χ2n) is 17.1. The molecule has 3 amide bonds. The highest BCUT2D eigenvalue weighted by Gasteiger charge is 2.27. The first-order chi connectivity index (χ1) is 27.6. The number of carbonyl (C=O) groups excluding carboxylic acids is 4. The Morgan fingerprint density at radius 1 is 0.763 bits per heavy atom. The molecule has 0 unspecified atom stereocenters. The van der Waals surface area contributed by atoms with Crippen molar-refractivity contribution in [1.82, 2.24) is 15.1 Å². The van der Waals surface area contributed by atoms with Crippen molar-refractivity contribution in [3.63, 3.8) is 0 Å². The second-order valence-corrected chi connectivity index (χ2v) is 17.1. The molecule has 1 aliphatic rings. The number of amides is 3. The van der Waals surface area contributed by atoms with Gasteiger partial charge in [0, 0.05) is 61.8 Å². The standard InChI is InChI=1S/C44H60N6O9/c1-11-55-35-25-29(27-49-20-22-50(23-21-49)41(54)59-44(8,9)10)24-31(37(35)56-28-36(51)57-42(2,3)4)26-46-34-15-13-12-14-33(34)39(52)47-32-18-16-30(17-19-32)38(45)48-40(53)58-43(5,6)7/h12-19,24-25,46H,11,20-23,26-28H2,1-10H3,(H,47,52)(H2,45,48,53). The molecule has 1 fully saturated rings. The summed E-state index contributed by atoms with van der Waals surface area (Å²) >= 11 is 0. The van der Waals surface area contributed by atoms with Crippen LogP contribution >= 0.6 is 0 Å². The third-order valence-electron chi connectivity index (χ3n) is 8.37. The van der Waals surface area contributed by atoms with E-state index in [0.717, 1.165) is 5.56 Å². The van der Waals surface area contributed by atoms with Gasteiger partial charge < -0.3 is 39.2 Å². The van der Waals surface area contributed by atoms with E-state index in [4.69, 9.17) is 29.1 Å². The molecule has 0 bridgehead atoms. The van der Waals surface area contributed by atoms with Crippen LogP contribution in [0.5, 0.6) is 11.5 Å². The van der Waals surface area contributed by atoms with Gasteiger partial charge in [-0.3, -0.25) is 20.4 Å². The van der Waals surface area contributed by atoms with Crippen molar-refractivity contribution in [2.45, 2.75) is 99.1 Å². The van der Waals surface area contributed by atoms with E-state index in [2.05, 4.69) is 20.9 Å². The van der Waals surface area contributed by atoms with E-state index < -0.39 is 28.9 Å². The van der Waals surface area contributed by atoms with Gasteiger partial charge in [-0.1, -0.05) is 12.1 Å². The van der Waals surface area contributed by atoms with Gasteiger partial charge in [0.2, 0.25) is 0 Å². The molecule has 3 aromatic carbocycles. The number of esters is 1. The van der Waals surface area contributed by atoms with E-state index in [1.165, 1.54) is 0 Å². The van der Waals surface area contributed by atoms with Crippen LogP contribution in [0.2, 0.25) is 0 Å². The highest BCUT2D eigenvalue weighted by molar-refractivity contribution is 6.08. The maximum absolute atomic E-state index is 13.6. The Bertz CT molecular complexity index is 1950. The summed E-state index contributed by atoms with van der Waals surface area (Å²) < 4.78 is 28.5. The zero-order chi connectivity index (χ0) is 43.5. The van der Waals surface area contributed by atoms with Gasteiger partial charge in [-0.05, 0) is 123 Å². The minimum Gasteiger partial charge on any atom is -0.490 e. The summed E-state index contributed by atoms with van der Waals surface area (Å²) in [6, 6.07) is 17.5. The largest absolute Gasteiger partial charge is 0.490 e. The third kappa shape index (κ3) is 15.1. The predicted molar refractivity (Wildman–Crippen MR) is 226 cm³/mol. The predicted octanol–water partition coefficient (Wildman–Crippen LogP) is 7.57. The monoisotopic (exact) mass is 816 g/mol. The molecule has 0 saturated carbocycles. The molecule has 59 heavy (non-hydrogen) atoms. The number of hydrogen-bond donors (Lipinski definition) is 4. The van der Waals surface area contributed by atoms with Crippen LogP contribution in [-0.2, 0) is 32.1 Å². The number of nitrogens with zero attached hydrogens (tertiary/aromatic N) is 2. The van der Waals surface area contributed by atoms with E-state index in [-0.39, 0.29) is 31.0 Å². The molecule has 1 heterocycles. The van der Waals surface area contributed by atoms with Crippen molar-refractivity contribution in [3.05, 3.63) is 82.9 Å². The van der Waals surface area contributed by atoms with Crippen LogP contribution in [0, 0.1) is 5.41 Å². The van der Waals surface area contributed by atoms with E-state index >= 15 is 0 Å². The van der Waals surface area contributed by atoms with Gasteiger partial charge in [-0.15, -0.1) is 0 Å². The Hall–Kier alpha value is -5.83. The summed E-state index contributed by atoms with van der Waals surface area (Å²) in [5.41, 5.74) is 1.48.